The van der Waals surface area contributed by atoms with Crippen LogP contribution in [0, 0.1) is 22.1 Å². The number of carbonyl (C=O) groups is 2. The van der Waals surface area contributed by atoms with E-state index in [-0.39, 0.29) is 28.3 Å². The Morgan fingerprint density at radius 1 is 1.18 bits per heavy atom. The van der Waals surface area contributed by atoms with Crippen LogP contribution in [-0.4, -0.2) is 11.7 Å². The predicted molar refractivity (Wildman–Crippen MR) is 81.4 cm³/mol. The van der Waals surface area contributed by atoms with Gasteiger partial charge in [0.25, 0.3) is 0 Å². The molecule has 1 amide bonds. The molecule has 1 aromatic carbocycles. The first kappa shape index (κ1) is 15.2. The summed E-state index contributed by atoms with van der Waals surface area (Å²) >= 11 is 0. The van der Waals surface area contributed by atoms with E-state index in [1.807, 2.05) is 20.8 Å². The van der Waals surface area contributed by atoms with Crippen LogP contribution in [-0.2, 0) is 16.1 Å². The van der Waals surface area contributed by atoms with Gasteiger partial charge in [0.05, 0.1) is 5.41 Å². The summed E-state index contributed by atoms with van der Waals surface area (Å²) in [5.41, 5.74) is -0.461. The van der Waals surface area contributed by atoms with E-state index in [2.05, 4.69) is 5.32 Å². The summed E-state index contributed by atoms with van der Waals surface area (Å²) in [4.78, 5) is 25.2. The molecule has 0 unspecified atom stereocenters. The van der Waals surface area contributed by atoms with Gasteiger partial charge in [0, 0.05) is 18.4 Å². The van der Waals surface area contributed by atoms with Crippen molar-refractivity contribution in [2.45, 2.75) is 46.6 Å². The van der Waals surface area contributed by atoms with E-state index in [9.17, 15) is 14.0 Å². The van der Waals surface area contributed by atoms with Crippen molar-refractivity contribution in [1.82, 2.24) is 5.32 Å². The number of fused-ring (bicyclic) bond motifs is 2. The second kappa shape index (κ2) is 4.64. The van der Waals surface area contributed by atoms with Gasteiger partial charge < -0.3 is 5.32 Å². The van der Waals surface area contributed by atoms with Crippen LogP contribution in [0.3, 0.4) is 0 Å². The molecule has 0 spiro atoms. The van der Waals surface area contributed by atoms with E-state index in [0.717, 1.165) is 18.4 Å². The van der Waals surface area contributed by atoms with Gasteiger partial charge in [0.2, 0.25) is 5.91 Å². The Morgan fingerprint density at radius 3 is 2.32 bits per heavy atom. The Hall–Kier alpha value is -1.71. The van der Waals surface area contributed by atoms with Crippen LogP contribution >= 0.6 is 0 Å². The predicted octanol–water partition coefficient (Wildman–Crippen LogP) is 3.23. The lowest BCUT2D eigenvalue weighted by molar-refractivity contribution is -0.136. The maximum atomic E-state index is 12.9. The van der Waals surface area contributed by atoms with Crippen LogP contribution < -0.4 is 5.32 Å². The highest BCUT2D eigenvalue weighted by Crippen LogP contribution is 2.70. The molecule has 3 rings (SSSR count). The summed E-state index contributed by atoms with van der Waals surface area (Å²) in [5, 5.41) is 2.96. The van der Waals surface area contributed by atoms with E-state index in [0.29, 0.717) is 13.0 Å². The molecule has 22 heavy (non-hydrogen) atoms. The average molecular weight is 303 g/mol. The Kier molecular flexibility index (Phi) is 3.21. The van der Waals surface area contributed by atoms with Crippen molar-refractivity contribution >= 4 is 11.7 Å². The van der Waals surface area contributed by atoms with E-state index in [1.165, 1.54) is 12.1 Å². The maximum Gasteiger partial charge on any atom is 0.227 e. The molecular weight excluding hydrogens is 281 g/mol. The molecule has 0 aliphatic heterocycles. The summed E-state index contributed by atoms with van der Waals surface area (Å²) in [6, 6.07) is 6.10. The van der Waals surface area contributed by atoms with E-state index < -0.39 is 5.41 Å². The smallest absolute Gasteiger partial charge is 0.227 e. The van der Waals surface area contributed by atoms with Crippen molar-refractivity contribution in [2.75, 3.05) is 0 Å². The summed E-state index contributed by atoms with van der Waals surface area (Å²) in [7, 11) is 0. The molecular formula is C18H22FNO2. The number of amides is 1. The number of ketones is 1. The molecule has 2 fully saturated rings. The molecule has 2 aliphatic rings. The zero-order chi connectivity index (χ0) is 16.2. The minimum Gasteiger partial charge on any atom is -0.352 e. The van der Waals surface area contributed by atoms with Gasteiger partial charge in [-0.15, -0.1) is 0 Å². The van der Waals surface area contributed by atoms with Crippen LogP contribution in [0.1, 0.15) is 45.6 Å². The second-order valence-electron chi connectivity index (χ2n) is 7.45. The van der Waals surface area contributed by atoms with Gasteiger partial charge in [-0.3, -0.25) is 9.59 Å². The fourth-order valence-electron chi connectivity index (χ4n) is 4.31. The van der Waals surface area contributed by atoms with Crippen molar-refractivity contribution in [2.24, 2.45) is 16.2 Å². The SMILES string of the molecule is CC1(C)[C@@]2(C(=O)NCc3ccc(F)cc3)CC[C@@]1(C)C(=O)C2. The van der Waals surface area contributed by atoms with Crippen molar-refractivity contribution < 1.29 is 14.0 Å². The van der Waals surface area contributed by atoms with E-state index >= 15 is 0 Å². The molecule has 3 nitrogen and oxygen atoms in total. The summed E-state index contributed by atoms with van der Waals surface area (Å²) in [6.45, 7) is 6.45. The van der Waals surface area contributed by atoms with E-state index in [4.69, 9.17) is 0 Å². The Balaban J connectivity index is 1.78. The van der Waals surface area contributed by atoms with Crippen LogP contribution in [0.4, 0.5) is 4.39 Å². The van der Waals surface area contributed by atoms with Crippen molar-refractivity contribution in [3.8, 4) is 0 Å². The minimum absolute atomic E-state index is 0.0450. The molecule has 2 aliphatic carbocycles. The van der Waals surface area contributed by atoms with Gasteiger partial charge in [0.1, 0.15) is 11.6 Å². The Labute approximate surface area is 130 Å². The highest BCUT2D eigenvalue weighted by atomic mass is 19.1. The van der Waals surface area contributed by atoms with Gasteiger partial charge >= 0.3 is 0 Å². The van der Waals surface area contributed by atoms with Gasteiger partial charge in [-0.05, 0) is 36.0 Å². The molecule has 2 atom stereocenters. The molecule has 0 saturated heterocycles. The second-order valence-corrected chi connectivity index (χ2v) is 7.45. The van der Waals surface area contributed by atoms with Gasteiger partial charge in [-0.25, -0.2) is 4.39 Å². The summed E-state index contributed by atoms with van der Waals surface area (Å²) < 4.78 is 12.9. The first-order valence-corrected chi connectivity index (χ1v) is 7.79. The topological polar surface area (TPSA) is 46.2 Å². The van der Waals surface area contributed by atoms with E-state index in [1.54, 1.807) is 12.1 Å². The minimum atomic E-state index is -0.598. The first-order valence-electron chi connectivity index (χ1n) is 7.79. The number of hydrogen-bond acceptors (Lipinski definition) is 2. The Morgan fingerprint density at radius 2 is 1.82 bits per heavy atom. The maximum absolute atomic E-state index is 12.9. The highest BCUT2D eigenvalue weighted by Gasteiger charge is 2.72. The zero-order valence-electron chi connectivity index (χ0n) is 13.3. The number of carbonyl (C=O) groups excluding carboxylic acids is 2. The monoisotopic (exact) mass is 303 g/mol. The fourth-order valence-corrected chi connectivity index (χ4v) is 4.31. The first-order chi connectivity index (χ1) is 10.2. The molecule has 0 radical (unpaired) electrons. The highest BCUT2D eigenvalue weighted by molar-refractivity contribution is 5.99. The Bertz CT molecular complexity index is 637. The molecule has 2 bridgehead atoms. The van der Waals surface area contributed by atoms with Crippen molar-refractivity contribution in [3.05, 3.63) is 35.6 Å². The number of nitrogens with one attached hydrogen (secondary N) is 1. The number of hydrogen-bond donors (Lipinski definition) is 1. The third-order valence-corrected chi connectivity index (χ3v) is 6.51. The lowest BCUT2D eigenvalue weighted by atomic mass is 9.64. The van der Waals surface area contributed by atoms with Crippen molar-refractivity contribution in [3.63, 3.8) is 0 Å². The van der Waals surface area contributed by atoms with Crippen LogP contribution in [0.15, 0.2) is 24.3 Å². The number of benzene rings is 1. The molecule has 1 aromatic rings. The summed E-state index contributed by atoms with van der Waals surface area (Å²) in [6.07, 6.45) is 1.88. The molecule has 4 heteroatoms. The molecule has 0 heterocycles. The van der Waals surface area contributed by atoms with Crippen LogP contribution in [0.25, 0.3) is 0 Å². The van der Waals surface area contributed by atoms with Gasteiger partial charge in [-0.2, -0.15) is 0 Å². The van der Waals surface area contributed by atoms with Gasteiger partial charge in [0.15, 0.2) is 0 Å². The lowest BCUT2D eigenvalue weighted by Gasteiger charge is -2.38. The number of rotatable bonds is 3. The lowest BCUT2D eigenvalue weighted by Crippen LogP contribution is -2.46. The van der Waals surface area contributed by atoms with Gasteiger partial charge in [-0.1, -0.05) is 32.9 Å². The molecule has 2 saturated carbocycles. The zero-order valence-corrected chi connectivity index (χ0v) is 13.3. The number of halogens is 1. The van der Waals surface area contributed by atoms with Crippen LogP contribution in [0.5, 0.6) is 0 Å². The average Bonchev–Trinajstić information content (AvgIpc) is 2.77. The molecule has 1 N–H and O–H groups in total. The third-order valence-electron chi connectivity index (χ3n) is 6.51. The summed E-state index contributed by atoms with van der Waals surface area (Å²) in [5.74, 6) is -0.125. The fraction of sp³-hybridized carbons (Fsp3) is 0.556. The van der Waals surface area contributed by atoms with Crippen LogP contribution in [0.2, 0.25) is 0 Å². The third kappa shape index (κ3) is 1.79. The standard InChI is InChI=1S/C18H22FNO2/c1-16(2)17(3)8-9-18(16,10-14(17)21)15(22)20-11-12-4-6-13(19)7-5-12/h4-7H,8-11H2,1-3H3,(H,20,22)/t17-,18-/m0/s1. The quantitative estimate of drug-likeness (QED) is 0.932. The number of Topliss-reactive ketones (excluding diaryl/α,β-unsaturated/α-hetero) is 1. The van der Waals surface area contributed by atoms with Crippen molar-refractivity contribution in [1.29, 1.82) is 0 Å². The normalized spacial score (nSPS) is 32.3. The molecule has 118 valence electrons. The largest absolute Gasteiger partial charge is 0.352 e. The molecule has 0 aromatic heterocycles.